The van der Waals surface area contributed by atoms with Gasteiger partial charge in [0.2, 0.25) is 0 Å². The van der Waals surface area contributed by atoms with E-state index in [2.05, 4.69) is 0 Å². The number of carbonyl (C=O) groups excluding carboxylic acids is 2. The summed E-state index contributed by atoms with van der Waals surface area (Å²) < 4.78 is 37.6. The second-order valence-corrected chi connectivity index (χ2v) is 13.6. The molecule has 1 spiro atoms. The van der Waals surface area contributed by atoms with Crippen molar-refractivity contribution in [1.29, 1.82) is 0 Å². The van der Waals surface area contributed by atoms with Crippen molar-refractivity contribution in [2.24, 2.45) is 34.5 Å². The molecule has 0 radical (unpaired) electrons. The van der Waals surface area contributed by atoms with Crippen LogP contribution in [-0.2, 0) is 33.2 Å². The van der Waals surface area contributed by atoms with Crippen molar-refractivity contribution in [1.82, 2.24) is 0 Å². The van der Waals surface area contributed by atoms with Gasteiger partial charge in [-0.05, 0) is 37.3 Å². The number of ether oxygens (including phenoxy) is 6. The average Bonchev–Trinajstić information content (AvgIpc) is 3.39. The number of hydrogen-bond acceptors (Lipinski definition) is 11. The molecule has 7 rings (SSSR count). The standard InChI is InChI=1S/C32H41NO11/c1-16(34)44-32-20-18(13-30(37,27(42-5)25(32)35)26(20)43-28(36)17-9-7-6-8-10-17)31-19(40-3)11-12-29(15-39-2)14-33(38)24(31)21(32)22(41-4)23(29)31/h6-10,14,18-27,35,37H,11-13,15H2,1-5H3/t18-,19+,20-,21+,22+,23-,24-,25+,26-,27+,29+,30+,31+,32-/m1/s1. The molecule has 0 amide bonds. The number of nitrogens with zero attached hydrogens (tertiary/aromatic N) is 1. The van der Waals surface area contributed by atoms with Crippen LogP contribution in [0.1, 0.15) is 36.5 Å². The van der Waals surface area contributed by atoms with E-state index in [-0.39, 0.29) is 24.5 Å². The van der Waals surface area contributed by atoms with Crippen LogP contribution in [0, 0.1) is 39.7 Å². The van der Waals surface area contributed by atoms with E-state index in [4.69, 9.17) is 28.4 Å². The summed E-state index contributed by atoms with van der Waals surface area (Å²) in [7, 11) is 6.13. The minimum Gasteiger partial charge on any atom is -0.624 e. The predicted molar refractivity (Wildman–Crippen MR) is 152 cm³/mol. The second-order valence-electron chi connectivity index (χ2n) is 13.6. The summed E-state index contributed by atoms with van der Waals surface area (Å²) in [6, 6.07) is 7.58. The Morgan fingerprint density at radius 1 is 1.05 bits per heavy atom. The van der Waals surface area contributed by atoms with Gasteiger partial charge < -0.3 is 43.8 Å². The first-order valence-corrected chi connectivity index (χ1v) is 15.3. The highest BCUT2D eigenvalue weighted by atomic mass is 16.6. The van der Waals surface area contributed by atoms with Crippen molar-refractivity contribution in [2.45, 2.75) is 73.9 Å². The monoisotopic (exact) mass is 615 g/mol. The molecule has 5 fully saturated rings. The third-order valence-electron chi connectivity index (χ3n) is 12.3. The Bertz CT molecular complexity index is 1370. The van der Waals surface area contributed by atoms with E-state index in [1.165, 1.54) is 14.0 Å². The average molecular weight is 616 g/mol. The SMILES string of the molecule is COC[C@]12C=[N+]([O-])[C@@H]3[C@@H]4[C@H](OC)[C@H]1[C@@]3([C@@H](OC)CC2)[C@@H]1C[C@]2(O)[C@H](OC(=O)c3ccccc3)[C@@H]1[C@]4(OC(C)=O)[C@@H](O)[C@@H]2OC. The molecule has 12 nitrogen and oxygen atoms in total. The van der Waals surface area contributed by atoms with Crippen molar-refractivity contribution in [3.05, 3.63) is 41.1 Å². The van der Waals surface area contributed by atoms with Gasteiger partial charge in [0.1, 0.15) is 23.9 Å². The zero-order valence-corrected chi connectivity index (χ0v) is 25.6. The van der Waals surface area contributed by atoms with E-state index in [1.807, 2.05) is 0 Å². The fourth-order valence-corrected chi connectivity index (χ4v) is 11.6. The molecule has 44 heavy (non-hydrogen) atoms. The molecule has 1 aliphatic heterocycles. The maximum atomic E-state index is 14.4. The van der Waals surface area contributed by atoms with Crippen LogP contribution in [0.3, 0.4) is 0 Å². The number of aliphatic hydroxyl groups excluding tert-OH is 1. The lowest BCUT2D eigenvalue weighted by molar-refractivity contribution is -0.561. The van der Waals surface area contributed by atoms with Gasteiger partial charge in [0.15, 0.2) is 17.9 Å². The zero-order chi connectivity index (χ0) is 31.4. The van der Waals surface area contributed by atoms with E-state index in [1.54, 1.807) is 57.9 Å². The van der Waals surface area contributed by atoms with Crippen molar-refractivity contribution < 1.29 is 53.0 Å². The smallest absolute Gasteiger partial charge is 0.338 e. The molecule has 0 saturated heterocycles. The summed E-state index contributed by atoms with van der Waals surface area (Å²) in [5, 5.41) is 39.4. The minimum atomic E-state index is -1.87. The molecule has 1 aromatic rings. The first-order valence-electron chi connectivity index (χ1n) is 15.3. The quantitative estimate of drug-likeness (QED) is 0.244. The van der Waals surface area contributed by atoms with Crippen molar-refractivity contribution in [3.63, 3.8) is 0 Å². The summed E-state index contributed by atoms with van der Waals surface area (Å²) in [6.07, 6.45) is -2.38. The zero-order valence-electron chi connectivity index (χ0n) is 25.6. The largest absolute Gasteiger partial charge is 0.624 e. The van der Waals surface area contributed by atoms with Crippen molar-refractivity contribution >= 4 is 18.2 Å². The van der Waals surface area contributed by atoms with Crippen molar-refractivity contribution in [2.75, 3.05) is 35.0 Å². The maximum Gasteiger partial charge on any atom is 0.338 e. The molecule has 1 aromatic carbocycles. The van der Waals surface area contributed by atoms with Crippen LogP contribution in [0.4, 0.5) is 0 Å². The minimum absolute atomic E-state index is 0.00982. The molecule has 1 heterocycles. The van der Waals surface area contributed by atoms with Crippen LogP contribution in [0.15, 0.2) is 30.3 Å². The number of aliphatic hydroxyl groups is 2. The molecule has 0 unspecified atom stereocenters. The van der Waals surface area contributed by atoms with Crippen LogP contribution >= 0.6 is 0 Å². The van der Waals surface area contributed by atoms with E-state index >= 15 is 0 Å². The third kappa shape index (κ3) is 3.31. The molecule has 2 N–H and O–H groups in total. The Morgan fingerprint density at radius 2 is 1.77 bits per heavy atom. The number of hydroxylamine groups is 1. The molecule has 240 valence electrons. The van der Waals surface area contributed by atoms with Gasteiger partial charge in [-0.25, -0.2) is 9.53 Å². The Hall–Kier alpha value is -2.61. The number of carbonyl (C=O) groups is 2. The highest BCUT2D eigenvalue weighted by Crippen LogP contribution is 2.79. The Balaban J connectivity index is 1.52. The lowest BCUT2D eigenvalue weighted by Gasteiger charge is -2.63. The fraction of sp³-hybridized carbons (Fsp3) is 0.719. The lowest BCUT2D eigenvalue weighted by atomic mass is 9.44. The van der Waals surface area contributed by atoms with E-state index in [0.717, 1.165) is 4.74 Å². The molecule has 6 aliphatic rings. The van der Waals surface area contributed by atoms with Crippen LogP contribution in [0.2, 0.25) is 0 Å². The van der Waals surface area contributed by atoms with Crippen LogP contribution < -0.4 is 0 Å². The Kier molecular flexibility index (Phi) is 6.79. The number of esters is 2. The van der Waals surface area contributed by atoms with E-state index in [0.29, 0.717) is 12.8 Å². The maximum absolute atomic E-state index is 14.4. The summed E-state index contributed by atoms with van der Waals surface area (Å²) in [6.45, 7) is 1.49. The number of methoxy groups -OCH3 is 4. The van der Waals surface area contributed by atoms with Crippen LogP contribution in [0.25, 0.3) is 0 Å². The van der Waals surface area contributed by atoms with Gasteiger partial charge in [0.25, 0.3) is 0 Å². The molecule has 5 aliphatic carbocycles. The molecule has 12 heteroatoms. The highest BCUT2D eigenvalue weighted by Gasteiger charge is 2.93. The van der Waals surface area contributed by atoms with Gasteiger partial charge in [-0.3, -0.25) is 4.79 Å². The summed E-state index contributed by atoms with van der Waals surface area (Å²) in [4.78, 5) is 26.7. The third-order valence-corrected chi connectivity index (χ3v) is 12.3. The number of benzene rings is 1. The molecule has 7 bridgehead atoms. The first-order chi connectivity index (χ1) is 21.0. The van der Waals surface area contributed by atoms with Gasteiger partial charge in [0.05, 0.1) is 41.1 Å². The number of rotatable bonds is 8. The molecular weight excluding hydrogens is 574 g/mol. The Morgan fingerprint density at radius 3 is 2.39 bits per heavy atom. The van der Waals surface area contributed by atoms with Gasteiger partial charge >= 0.3 is 11.9 Å². The molecule has 14 atom stereocenters. The summed E-state index contributed by atoms with van der Waals surface area (Å²) >= 11 is 0. The lowest BCUT2D eigenvalue weighted by Crippen LogP contribution is -2.79. The van der Waals surface area contributed by atoms with Crippen LogP contribution in [-0.4, -0.2) is 116 Å². The summed E-state index contributed by atoms with van der Waals surface area (Å²) in [5.41, 5.74) is -5.10. The predicted octanol–water partition coefficient (Wildman–Crippen LogP) is 0.937. The number of fused-ring (bicyclic) bond motifs is 2. The van der Waals surface area contributed by atoms with Gasteiger partial charge in [0, 0.05) is 47.2 Å². The summed E-state index contributed by atoms with van der Waals surface area (Å²) in [5.74, 6) is -4.11. The molecular formula is C32H41NO11. The van der Waals surface area contributed by atoms with Gasteiger partial charge in [-0.2, -0.15) is 0 Å². The Labute approximate surface area is 255 Å². The van der Waals surface area contributed by atoms with Gasteiger partial charge in [-0.1, -0.05) is 18.2 Å². The second kappa shape index (κ2) is 9.94. The van der Waals surface area contributed by atoms with E-state index < -0.39 is 88.3 Å². The molecule has 5 saturated carbocycles. The molecule has 0 aromatic heterocycles. The van der Waals surface area contributed by atoms with E-state index in [9.17, 15) is 25.0 Å². The highest BCUT2D eigenvalue weighted by molar-refractivity contribution is 5.89. The normalized spacial score (nSPS) is 49.3. The number of hydrogen-bond donors (Lipinski definition) is 2. The topological polar surface area (TPSA) is 156 Å². The first kappa shape index (κ1) is 30.1. The van der Waals surface area contributed by atoms with Gasteiger partial charge in [-0.15, -0.1) is 0 Å². The van der Waals surface area contributed by atoms with Crippen molar-refractivity contribution in [3.8, 4) is 0 Å². The fourth-order valence-electron chi connectivity index (χ4n) is 11.6. The van der Waals surface area contributed by atoms with Crippen LogP contribution in [0.5, 0.6) is 0 Å².